The fourth-order valence-corrected chi connectivity index (χ4v) is 3.13. The summed E-state index contributed by atoms with van der Waals surface area (Å²) in [6.45, 7) is 14.6. The molecule has 0 atom stereocenters. The Kier molecular flexibility index (Phi) is 29.4. The molecule has 0 aromatic rings. The van der Waals surface area contributed by atoms with Crippen molar-refractivity contribution in [1.82, 2.24) is 0 Å². The lowest BCUT2D eigenvalue weighted by Gasteiger charge is -2.21. The van der Waals surface area contributed by atoms with Gasteiger partial charge in [0.15, 0.2) is 0 Å². The molecule has 11 nitrogen and oxygen atoms in total. The molecule has 11 heteroatoms. The van der Waals surface area contributed by atoms with Crippen LogP contribution in [0.4, 0.5) is 0 Å². The van der Waals surface area contributed by atoms with E-state index in [2.05, 4.69) is 0 Å². The predicted octanol–water partition coefficient (Wildman–Crippen LogP) is -2.58. The molecule has 0 bridgehead atoms. The number of hydrogen-bond donors (Lipinski definition) is 2. The molecule has 0 saturated heterocycles. The van der Waals surface area contributed by atoms with Crippen molar-refractivity contribution in [3.05, 3.63) is 0 Å². The highest BCUT2D eigenvalue weighted by Crippen LogP contribution is 1.78. The van der Waals surface area contributed by atoms with E-state index < -0.39 is 0 Å². The van der Waals surface area contributed by atoms with Crippen molar-refractivity contribution < 1.29 is 52.4 Å². The summed E-state index contributed by atoms with van der Waals surface area (Å²) in [6.07, 6.45) is 0. The first-order valence-electron chi connectivity index (χ1n) is 12.8. The summed E-state index contributed by atoms with van der Waals surface area (Å²) in [5.74, 6) is 0. The third kappa shape index (κ3) is 26.4. The topological polar surface area (TPSA) is 92.0 Å². The number of quaternary nitrogens is 2. The number of hydrogen-bond acceptors (Lipinski definition) is 9. The second kappa shape index (κ2) is 29.8. The average Bonchev–Trinajstić information content (AvgIpc) is 2.86. The molecule has 0 fully saturated rings. The van der Waals surface area contributed by atoms with Crippen molar-refractivity contribution in [3.63, 3.8) is 0 Å². The van der Waals surface area contributed by atoms with E-state index >= 15 is 0 Å². The normalized spacial score (nSPS) is 11.8. The smallest absolute Gasteiger partial charge is 0.101 e. The molecule has 212 valence electrons. The van der Waals surface area contributed by atoms with Crippen molar-refractivity contribution in [1.29, 1.82) is 0 Å². The number of nitrogens with one attached hydrogen (secondary N) is 2. The summed E-state index contributed by atoms with van der Waals surface area (Å²) in [5.41, 5.74) is 0. The van der Waals surface area contributed by atoms with Gasteiger partial charge in [-0.05, 0) is 0 Å². The van der Waals surface area contributed by atoms with Crippen molar-refractivity contribution in [2.45, 2.75) is 0 Å². The van der Waals surface area contributed by atoms with Gasteiger partial charge in [-0.2, -0.15) is 0 Å². The van der Waals surface area contributed by atoms with Crippen LogP contribution in [0.15, 0.2) is 0 Å². The molecule has 2 N–H and O–H groups in total. The van der Waals surface area contributed by atoms with Gasteiger partial charge in [0, 0.05) is 28.4 Å². The molecule has 0 unspecified atom stereocenters. The maximum absolute atomic E-state index is 5.99. The van der Waals surface area contributed by atoms with Crippen LogP contribution in [-0.2, 0) is 42.6 Å². The average molecular weight is 515 g/mol. The van der Waals surface area contributed by atoms with Crippen molar-refractivity contribution in [2.75, 3.05) is 160 Å². The molecule has 0 saturated carbocycles. The van der Waals surface area contributed by atoms with Gasteiger partial charge in [0.2, 0.25) is 0 Å². The minimum atomic E-state index is 0.617. The summed E-state index contributed by atoms with van der Waals surface area (Å²) >= 11 is 0. The van der Waals surface area contributed by atoms with E-state index in [9.17, 15) is 0 Å². The molecule has 0 rings (SSSR count). The van der Waals surface area contributed by atoms with Gasteiger partial charge in [-0.3, -0.25) is 0 Å². The molecule has 0 radical (unpaired) electrons. The van der Waals surface area contributed by atoms with E-state index in [1.54, 1.807) is 28.4 Å². The predicted molar refractivity (Wildman–Crippen MR) is 133 cm³/mol. The van der Waals surface area contributed by atoms with Gasteiger partial charge >= 0.3 is 0 Å². The van der Waals surface area contributed by atoms with Crippen LogP contribution in [0, 0.1) is 0 Å². The van der Waals surface area contributed by atoms with Crippen LogP contribution >= 0.6 is 0 Å². The maximum atomic E-state index is 5.99. The maximum Gasteiger partial charge on any atom is 0.101 e. The van der Waals surface area contributed by atoms with E-state index in [0.29, 0.717) is 92.5 Å². The van der Waals surface area contributed by atoms with Crippen molar-refractivity contribution in [3.8, 4) is 0 Å². The number of rotatable bonds is 30. The van der Waals surface area contributed by atoms with Crippen LogP contribution in [0.3, 0.4) is 0 Å². The second-order valence-electron chi connectivity index (χ2n) is 8.03. The molecule has 0 heterocycles. The minimum absolute atomic E-state index is 0.617. The molecule has 35 heavy (non-hydrogen) atoms. The lowest BCUT2D eigenvalue weighted by molar-refractivity contribution is -0.904. The third-order valence-corrected chi connectivity index (χ3v) is 5.33. The molecule has 0 aromatic carbocycles. The van der Waals surface area contributed by atoms with Crippen LogP contribution in [-0.4, -0.2) is 160 Å². The van der Waals surface area contributed by atoms with Gasteiger partial charge in [-0.15, -0.1) is 0 Å². The number of methoxy groups -OCH3 is 4. The van der Waals surface area contributed by atoms with Gasteiger partial charge < -0.3 is 52.4 Å². The fourth-order valence-electron chi connectivity index (χ4n) is 3.13. The van der Waals surface area contributed by atoms with Gasteiger partial charge in [-0.25, -0.2) is 0 Å². The molecule has 0 amide bonds. The lowest BCUT2D eigenvalue weighted by atomic mass is 10.4. The monoisotopic (exact) mass is 514 g/mol. The summed E-state index contributed by atoms with van der Waals surface area (Å²) < 4.78 is 48.7. The van der Waals surface area contributed by atoms with Gasteiger partial charge in [-0.1, -0.05) is 0 Å². The molecular formula is C24H54N2O9+2. The lowest BCUT2D eigenvalue weighted by Crippen LogP contribution is -3.14. The fraction of sp³-hybridized carbons (Fsp3) is 1.00. The first-order chi connectivity index (χ1) is 17.3. The van der Waals surface area contributed by atoms with E-state index in [-0.39, 0.29) is 0 Å². The quantitative estimate of drug-likeness (QED) is 0.100. The molecule has 0 spiro atoms. The molecular weight excluding hydrogens is 460 g/mol. The second-order valence-corrected chi connectivity index (χ2v) is 8.03. The van der Waals surface area contributed by atoms with Crippen LogP contribution in [0.1, 0.15) is 0 Å². The zero-order valence-electron chi connectivity index (χ0n) is 22.8. The first kappa shape index (κ1) is 34.6. The highest BCUT2D eigenvalue weighted by atomic mass is 16.5. The van der Waals surface area contributed by atoms with Crippen LogP contribution < -0.4 is 9.80 Å². The number of ether oxygens (including phenoxy) is 9. The standard InChI is InChI=1S/C24H52N2O9/c1-27-17-21-32-13-7-25(8-14-33-22-18-28-2)5-11-31-12-6-26(9-15-34-23-19-29-3)10-16-35-24-20-30-4/h5-24H2,1-4H3/p+2. The zero-order valence-corrected chi connectivity index (χ0v) is 22.8. The Bertz CT molecular complexity index is 336. The Morgan fingerprint density at radius 1 is 0.286 bits per heavy atom. The van der Waals surface area contributed by atoms with Crippen LogP contribution in [0.5, 0.6) is 0 Å². The Labute approximate surface area is 213 Å². The van der Waals surface area contributed by atoms with Crippen molar-refractivity contribution >= 4 is 0 Å². The van der Waals surface area contributed by atoms with E-state index in [4.69, 9.17) is 42.6 Å². The first-order valence-corrected chi connectivity index (χ1v) is 12.8. The largest absolute Gasteiger partial charge is 0.382 e. The van der Waals surface area contributed by atoms with E-state index in [0.717, 1.165) is 39.3 Å². The molecule has 0 aliphatic rings. The van der Waals surface area contributed by atoms with Crippen LogP contribution in [0.2, 0.25) is 0 Å². The summed E-state index contributed by atoms with van der Waals surface area (Å²) in [4.78, 5) is 2.81. The Morgan fingerprint density at radius 3 is 0.686 bits per heavy atom. The summed E-state index contributed by atoms with van der Waals surface area (Å²) in [7, 11) is 6.73. The highest BCUT2D eigenvalue weighted by molar-refractivity contribution is 4.39. The molecule has 0 aromatic heterocycles. The minimum Gasteiger partial charge on any atom is -0.382 e. The summed E-state index contributed by atoms with van der Waals surface area (Å²) in [5, 5.41) is 0. The van der Waals surface area contributed by atoms with E-state index in [1.165, 1.54) is 9.80 Å². The SMILES string of the molecule is COCCOCC[NH+](CCOCCOC)CCOCC[NH+](CCOCCOC)CCOCCOC. The third-order valence-electron chi connectivity index (χ3n) is 5.33. The van der Waals surface area contributed by atoms with Gasteiger partial charge in [0.05, 0.1) is 92.5 Å². The molecule has 0 aliphatic heterocycles. The van der Waals surface area contributed by atoms with Crippen molar-refractivity contribution in [2.24, 2.45) is 0 Å². The molecule has 0 aliphatic carbocycles. The van der Waals surface area contributed by atoms with Crippen LogP contribution in [0.25, 0.3) is 0 Å². The Hall–Kier alpha value is -0.440. The van der Waals surface area contributed by atoms with Gasteiger partial charge in [0.25, 0.3) is 0 Å². The highest BCUT2D eigenvalue weighted by Gasteiger charge is 2.11. The summed E-state index contributed by atoms with van der Waals surface area (Å²) in [6, 6.07) is 0. The van der Waals surface area contributed by atoms with Gasteiger partial charge in [0.1, 0.15) is 39.3 Å². The zero-order chi connectivity index (χ0) is 25.7. The Morgan fingerprint density at radius 2 is 0.486 bits per heavy atom. The Balaban J connectivity index is 4.21. The van der Waals surface area contributed by atoms with E-state index in [1.807, 2.05) is 0 Å².